The van der Waals surface area contributed by atoms with Crippen LogP contribution in [0.3, 0.4) is 0 Å². The summed E-state index contributed by atoms with van der Waals surface area (Å²) in [7, 11) is 0. The van der Waals surface area contributed by atoms with E-state index in [9.17, 15) is 0 Å². The molecule has 0 aliphatic heterocycles. The van der Waals surface area contributed by atoms with Gasteiger partial charge in [-0.25, -0.2) is 0 Å². The second-order valence-electron chi connectivity index (χ2n) is 11.9. The lowest BCUT2D eigenvalue weighted by Crippen LogP contribution is -1.93. The highest BCUT2D eigenvalue weighted by Gasteiger charge is 2.26. The van der Waals surface area contributed by atoms with Gasteiger partial charge in [0, 0.05) is 0 Å². The summed E-state index contributed by atoms with van der Waals surface area (Å²) in [4.78, 5) is 0. The molecule has 1 aliphatic rings. The smallest absolute Gasteiger partial charge is 0.00199 e. The van der Waals surface area contributed by atoms with Crippen LogP contribution < -0.4 is 0 Å². The Labute approximate surface area is 245 Å². The molecule has 8 aromatic rings. The molecule has 0 atom stereocenters. The fourth-order valence-electron chi connectivity index (χ4n) is 7.49. The summed E-state index contributed by atoms with van der Waals surface area (Å²) >= 11 is 0. The minimum Gasteiger partial charge on any atom is -0.0616 e. The highest BCUT2D eigenvalue weighted by molar-refractivity contribution is 6.28. The molecule has 0 amide bonds. The molecule has 9 rings (SSSR count). The van der Waals surface area contributed by atoms with Gasteiger partial charge in [0.15, 0.2) is 0 Å². The maximum Gasteiger partial charge on any atom is -0.00199 e. The Kier molecular flexibility index (Phi) is 4.84. The fourth-order valence-corrected chi connectivity index (χ4v) is 7.49. The zero-order chi connectivity index (χ0) is 27.9. The molecule has 42 heavy (non-hydrogen) atoms. The number of fused-ring (bicyclic) bond motifs is 7. The van der Waals surface area contributed by atoms with Crippen molar-refractivity contribution in [2.24, 2.45) is 0 Å². The predicted molar refractivity (Wildman–Crippen MR) is 181 cm³/mol. The summed E-state index contributed by atoms with van der Waals surface area (Å²) in [5, 5.41) is 10.5. The molecule has 0 saturated carbocycles. The van der Waals surface area contributed by atoms with Crippen LogP contribution in [0.2, 0.25) is 0 Å². The van der Waals surface area contributed by atoms with E-state index in [1.807, 2.05) is 0 Å². The first-order valence-corrected chi connectivity index (χ1v) is 14.8. The van der Waals surface area contributed by atoms with Crippen LogP contribution in [0, 0.1) is 13.8 Å². The third-order valence-corrected chi connectivity index (χ3v) is 9.24. The van der Waals surface area contributed by atoms with E-state index >= 15 is 0 Å². The molecule has 0 heterocycles. The van der Waals surface area contributed by atoms with Crippen LogP contribution in [0.25, 0.3) is 87.6 Å². The molecule has 196 valence electrons. The molecule has 0 unspecified atom stereocenters. The Morgan fingerprint density at radius 3 is 1.48 bits per heavy atom. The van der Waals surface area contributed by atoms with Crippen molar-refractivity contribution in [3.05, 3.63) is 145 Å². The van der Waals surface area contributed by atoms with Gasteiger partial charge in [-0.2, -0.15) is 0 Å². The second-order valence-corrected chi connectivity index (χ2v) is 11.9. The third kappa shape index (κ3) is 3.24. The molecule has 0 bridgehead atoms. The van der Waals surface area contributed by atoms with E-state index < -0.39 is 0 Å². The summed E-state index contributed by atoms with van der Waals surface area (Å²) in [6, 6.07) is 50.0. The number of hydrogen-bond acceptors (Lipinski definition) is 0. The van der Waals surface area contributed by atoms with E-state index in [2.05, 4.69) is 147 Å². The van der Waals surface area contributed by atoms with Gasteiger partial charge in [0.25, 0.3) is 0 Å². The van der Waals surface area contributed by atoms with E-state index in [0.29, 0.717) is 0 Å². The van der Waals surface area contributed by atoms with Gasteiger partial charge >= 0.3 is 0 Å². The summed E-state index contributed by atoms with van der Waals surface area (Å²) in [5.74, 6) is 0. The SMILES string of the molecule is Cc1cccc(-c2c3ccccc3c(-c3cccc(C)c3)c3cc4c(cc23)-c2cccc3c2c-4cc2ccccc23)c1. The first-order chi connectivity index (χ1) is 20.7. The van der Waals surface area contributed by atoms with Gasteiger partial charge in [-0.15, -0.1) is 0 Å². The fraction of sp³-hybridized carbons (Fsp3) is 0.0476. The Bertz CT molecular complexity index is 2420. The molecule has 8 aromatic carbocycles. The standard InChI is InChI=1S/C42H28/c1-25-10-7-13-28(20-25)40-32-16-5-6-17-33(32)41(29-14-8-11-26(2)21-29)39-24-36-35(23-38(39)40)34-19-9-18-31-30-15-4-3-12-27(30)22-37(36)42(31)34/h3-24H,1-2H3. The number of aryl methyl sites for hydroxylation is 2. The van der Waals surface area contributed by atoms with Gasteiger partial charge in [0.2, 0.25) is 0 Å². The highest BCUT2D eigenvalue weighted by Crippen LogP contribution is 2.53. The molecular weight excluding hydrogens is 504 g/mol. The van der Waals surface area contributed by atoms with Crippen LogP contribution in [-0.4, -0.2) is 0 Å². The van der Waals surface area contributed by atoms with Crippen LogP contribution in [0.15, 0.2) is 133 Å². The number of benzene rings is 8. The van der Waals surface area contributed by atoms with Crippen molar-refractivity contribution in [2.45, 2.75) is 13.8 Å². The normalized spacial score (nSPS) is 12.0. The van der Waals surface area contributed by atoms with Gasteiger partial charge in [-0.1, -0.05) is 126 Å². The maximum absolute atomic E-state index is 2.50. The van der Waals surface area contributed by atoms with E-state index in [0.717, 1.165) is 0 Å². The van der Waals surface area contributed by atoms with E-state index in [1.54, 1.807) is 0 Å². The lowest BCUT2D eigenvalue weighted by molar-refractivity contribution is 1.47. The third-order valence-electron chi connectivity index (χ3n) is 9.24. The summed E-state index contributed by atoms with van der Waals surface area (Å²) in [5.41, 5.74) is 13.1. The number of rotatable bonds is 2. The van der Waals surface area contributed by atoms with Gasteiger partial charge in [-0.3, -0.25) is 0 Å². The average molecular weight is 533 g/mol. The quantitative estimate of drug-likeness (QED) is 0.153. The van der Waals surface area contributed by atoms with E-state index in [1.165, 1.54) is 98.7 Å². The molecular formula is C42H28. The number of hydrogen-bond donors (Lipinski definition) is 0. The van der Waals surface area contributed by atoms with Crippen LogP contribution >= 0.6 is 0 Å². The summed E-state index contributed by atoms with van der Waals surface area (Å²) in [6.07, 6.45) is 0. The van der Waals surface area contributed by atoms with E-state index in [-0.39, 0.29) is 0 Å². The highest BCUT2D eigenvalue weighted by atomic mass is 14.3. The van der Waals surface area contributed by atoms with E-state index in [4.69, 9.17) is 0 Å². The molecule has 0 aromatic heterocycles. The molecule has 1 aliphatic carbocycles. The van der Waals surface area contributed by atoms with Crippen LogP contribution in [0.4, 0.5) is 0 Å². The minimum atomic E-state index is 1.27. The average Bonchev–Trinajstić information content (AvgIpc) is 3.32. The topological polar surface area (TPSA) is 0 Å². The first kappa shape index (κ1) is 23.5. The van der Waals surface area contributed by atoms with Crippen molar-refractivity contribution < 1.29 is 0 Å². The van der Waals surface area contributed by atoms with Crippen molar-refractivity contribution in [3.63, 3.8) is 0 Å². The van der Waals surface area contributed by atoms with Gasteiger partial charge in [0.05, 0.1) is 0 Å². The molecule has 0 nitrogen and oxygen atoms in total. The van der Waals surface area contributed by atoms with Crippen molar-refractivity contribution in [3.8, 4) is 44.5 Å². The van der Waals surface area contributed by atoms with Crippen LogP contribution in [0.1, 0.15) is 11.1 Å². The molecule has 0 radical (unpaired) electrons. The molecule has 0 heteroatoms. The lowest BCUT2D eigenvalue weighted by Gasteiger charge is -2.20. The molecule has 0 N–H and O–H groups in total. The molecule has 0 spiro atoms. The monoisotopic (exact) mass is 532 g/mol. The Balaban J connectivity index is 1.50. The van der Waals surface area contributed by atoms with Gasteiger partial charge < -0.3 is 0 Å². The zero-order valence-electron chi connectivity index (χ0n) is 23.7. The van der Waals surface area contributed by atoms with Gasteiger partial charge in [-0.05, 0) is 120 Å². The largest absolute Gasteiger partial charge is 0.0616 e. The Morgan fingerprint density at radius 1 is 0.333 bits per heavy atom. The lowest BCUT2D eigenvalue weighted by atomic mass is 9.83. The summed E-state index contributed by atoms with van der Waals surface area (Å²) < 4.78 is 0. The van der Waals surface area contributed by atoms with Crippen molar-refractivity contribution in [1.29, 1.82) is 0 Å². The van der Waals surface area contributed by atoms with Gasteiger partial charge in [0.1, 0.15) is 0 Å². The second kappa shape index (κ2) is 8.65. The van der Waals surface area contributed by atoms with Crippen molar-refractivity contribution in [1.82, 2.24) is 0 Å². The zero-order valence-corrected chi connectivity index (χ0v) is 23.7. The Morgan fingerprint density at radius 2 is 0.857 bits per heavy atom. The van der Waals surface area contributed by atoms with Crippen LogP contribution in [0.5, 0.6) is 0 Å². The van der Waals surface area contributed by atoms with Crippen LogP contribution in [-0.2, 0) is 0 Å². The first-order valence-electron chi connectivity index (χ1n) is 14.8. The maximum atomic E-state index is 2.50. The van der Waals surface area contributed by atoms with Crippen molar-refractivity contribution >= 4 is 43.1 Å². The Hall–Kier alpha value is -5.20. The molecule has 0 saturated heterocycles. The predicted octanol–water partition coefficient (Wildman–Crippen LogP) is 11.9. The summed E-state index contributed by atoms with van der Waals surface area (Å²) in [6.45, 7) is 4.38. The molecule has 0 fully saturated rings. The minimum absolute atomic E-state index is 1.27. The van der Waals surface area contributed by atoms with Crippen molar-refractivity contribution in [2.75, 3.05) is 0 Å².